The summed E-state index contributed by atoms with van der Waals surface area (Å²) >= 11 is 1.47. The molecule has 7 heteroatoms. The zero-order valence-corrected chi connectivity index (χ0v) is 17.8. The van der Waals surface area contributed by atoms with Gasteiger partial charge in [-0.2, -0.15) is 0 Å². The lowest BCUT2D eigenvalue weighted by molar-refractivity contribution is -0.145. The van der Waals surface area contributed by atoms with Crippen LogP contribution in [0.5, 0.6) is 11.5 Å². The number of hydrogen-bond donors (Lipinski definition) is 2. The number of ether oxygens (including phenoxy) is 2. The van der Waals surface area contributed by atoms with E-state index in [2.05, 4.69) is 5.32 Å². The van der Waals surface area contributed by atoms with Crippen LogP contribution < -0.4 is 14.8 Å². The van der Waals surface area contributed by atoms with Gasteiger partial charge in [-0.3, -0.25) is 4.79 Å². The molecule has 0 aliphatic carbocycles. The second-order valence-electron chi connectivity index (χ2n) is 7.29. The second kappa shape index (κ2) is 8.45. The minimum atomic E-state index is -0.956. The number of nitrogens with zero attached hydrogens (tertiary/aromatic N) is 1. The summed E-state index contributed by atoms with van der Waals surface area (Å²) in [5.41, 5.74) is 1.75. The van der Waals surface area contributed by atoms with Crippen LogP contribution in [0.25, 0.3) is 21.7 Å². The van der Waals surface area contributed by atoms with Crippen LogP contribution in [0.1, 0.15) is 17.8 Å². The van der Waals surface area contributed by atoms with E-state index in [4.69, 9.17) is 14.5 Å². The van der Waals surface area contributed by atoms with E-state index in [1.165, 1.54) is 11.3 Å². The maximum atomic E-state index is 12.3. The molecule has 30 heavy (non-hydrogen) atoms. The molecular formula is C23H24N2O4S. The molecule has 4 rings (SSSR count). The maximum Gasteiger partial charge on any atom is 0.316 e. The van der Waals surface area contributed by atoms with Crippen molar-refractivity contribution in [2.75, 3.05) is 27.3 Å². The smallest absolute Gasteiger partial charge is 0.316 e. The van der Waals surface area contributed by atoms with Crippen LogP contribution in [0.15, 0.2) is 48.5 Å². The molecule has 0 radical (unpaired) electrons. The molecule has 3 aromatic rings. The standard InChI is InChI=1S/C23H24N2O4S/c1-28-17-7-3-15(4-8-17)19-20(16-5-9-18(29-2)10-6-16)30-21(25-19)23(22(26)27)11-13-24-14-12-23/h3-10,24H,11-14H2,1-2H3,(H,26,27). The third-order valence-corrected chi connectivity index (χ3v) is 6.93. The van der Waals surface area contributed by atoms with Gasteiger partial charge < -0.3 is 19.9 Å². The van der Waals surface area contributed by atoms with Gasteiger partial charge in [-0.1, -0.05) is 0 Å². The number of rotatable bonds is 6. The highest BCUT2D eigenvalue weighted by atomic mass is 32.1. The minimum Gasteiger partial charge on any atom is -0.497 e. The highest BCUT2D eigenvalue weighted by molar-refractivity contribution is 7.16. The summed E-state index contributed by atoms with van der Waals surface area (Å²) < 4.78 is 10.6. The Labute approximate surface area is 179 Å². The highest BCUT2D eigenvalue weighted by Crippen LogP contribution is 2.44. The number of carboxylic acids is 1. The molecule has 1 saturated heterocycles. The summed E-state index contributed by atoms with van der Waals surface area (Å²) in [6.45, 7) is 1.34. The third kappa shape index (κ3) is 3.66. The molecule has 0 amide bonds. The Balaban J connectivity index is 1.86. The van der Waals surface area contributed by atoms with E-state index in [0.29, 0.717) is 30.9 Å². The van der Waals surface area contributed by atoms with Gasteiger partial charge in [0.05, 0.1) is 24.8 Å². The molecule has 0 bridgehead atoms. The first-order valence-corrected chi connectivity index (χ1v) is 10.6. The molecule has 0 atom stereocenters. The first-order valence-electron chi connectivity index (χ1n) is 9.81. The molecule has 0 saturated carbocycles. The monoisotopic (exact) mass is 424 g/mol. The van der Waals surface area contributed by atoms with Gasteiger partial charge in [-0.25, -0.2) is 4.98 Å². The fourth-order valence-corrected chi connectivity index (χ4v) is 5.11. The molecule has 2 aromatic carbocycles. The maximum absolute atomic E-state index is 12.3. The average Bonchev–Trinajstić information content (AvgIpc) is 3.25. The Bertz CT molecular complexity index is 957. The predicted octanol–water partition coefficient (Wildman–Crippen LogP) is 4.20. The van der Waals surface area contributed by atoms with E-state index >= 15 is 0 Å². The van der Waals surface area contributed by atoms with Crippen LogP contribution >= 0.6 is 11.3 Å². The van der Waals surface area contributed by atoms with Crippen LogP contribution in [0.2, 0.25) is 0 Å². The van der Waals surface area contributed by atoms with E-state index in [-0.39, 0.29) is 0 Å². The molecular weight excluding hydrogens is 400 g/mol. The number of hydrogen-bond acceptors (Lipinski definition) is 6. The van der Waals surface area contributed by atoms with E-state index in [1.807, 2.05) is 48.5 Å². The fraction of sp³-hybridized carbons (Fsp3) is 0.304. The second-order valence-corrected chi connectivity index (χ2v) is 8.29. The number of piperidine rings is 1. The van der Waals surface area contributed by atoms with Gasteiger partial charge in [0.1, 0.15) is 21.9 Å². The lowest BCUT2D eigenvalue weighted by Gasteiger charge is -2.31. The lowest BCUT2D eigenvalue weighted by atomic mass is 9.79. The summed E-state index contributed by atoms with van der Waals surface area (Å²) in [5.74, 6) is 0.732. The normalized spacial score (nSPS) is 15.5. The van der Waals surface area contributed by atoms with Crippen molar-refractivity contribution >= 4 is 17.3 Å². The highest BCUT2D eigenvalue weighted by Gasteiger charge is 2.44. The van der Waals surface area contributed by atoms with Crippen molar-refractivity contribution in [3.8, 4) is 33.2 Å². The Morgan fingerprint density at radius 1 is 0.967 bits per heavy atom. The number of thiazole rings is 1. The van der Waals surface area contributed by atoms with Gasteiger partial charge in [0.15, 0.2) is 0 Å². The first-order chi connectivity index (χ1) is 14.6. The summed E-state index contributed by atoms with van der Waals surface area (Å²) in [4.78, 5) is 18.2. The SMILES string of the molecule is COc1ccc(-c2nc(C3(C(=O)O)CCNCC3)sc2-c2ccc(OC)cc2)cc1. The molecule has 1 fully saturated rings. The fourth-order valence-electron chi connectivity index (χ4n) is 3.78. The van der Waals surface area contributed by atoms with Crippen molar-refractivity contribution in [1.82, 2.24) is 10.3 Å². The van der Waals surface area contributed by atoms with Crippen LogP contribution in [-0.4, -0.2) is 43.4 Å². The van der Waals surface area contributed by atoms with Gasteiger partial charge in [0, 0.05) is 5.56 Å². The van der Waals surface area contributed by atoms with Crippen molar-refractivity contribution in [2.24, 2.45) is 0 Å². The number of aliphatic carboxylic acids is 1. The topological polar surface area (TPSA) is 80.7 Å². The molecule has 2 heterocycles. The molecule has 1 aromatic heterocycles. The van der Waals surface area contributed by atoms with Gasteiger partial charge >= 0.3 is 5.97 Å². The summed E-state index contributed by atoms with van der Waals surface area (Å²) in [6.07, 6.45) is 1.06. The number of methoxy groups -OCH3 is 2. The first kappa shape index (κ1) is 20.4. The number of aromatic nitrogens is 1. The van der Waals surface area contributed by atoms with Gasteiger partial charge in [0.2, 0.25) is 0 Å². The largest absolute Gasteiger partial charge is 0.497 e. The molecule has 0 unspecified atom stereocenters. The number of carboxylic acid groups (broad SMARTS) is 1. The van der Waals surface area contributed by atoms with Crippen LogP contribution in [-0.2, 0) is 10.2 Å². The van der Waals surface area contributed by atoms with Crippen molar-refractivity contribution in [1.29, 1.82) is 0 Å². The third-order valence-electron chi connectivity index (χ3n) is 5.62. The van der Waals surface area contributed by atoms with Crippen LogP contribution in [0.3, 0.4) is 0 Å². The van der Waals surface area contributed by atoms with E-state index in [9.17, 15) is 9.90 Å². The summed E-state index contributed by atoms with van der Waals surface area (Å²) in [7, 11) is 3.27. The van der Waals surface area contributed by atoms with Gasteiger partial charge in [0.25, 0.3) is 0 Å². The van der Waals surface area contributed by atoms with Crippen molar-refractivity contribution in [3.05, 3.63) is 53.5 Å². The molecule has 2 N–H and O–H groups in total. The predicted molar refractivity (Wildman–Crippen MR) is 118 cm³/mol. The van der Waals surface area contributed by atoms with Crippen molar-refractivity contribution in [2.45, 2.75) is 18.3 Å². The Hall–Kier alpha value is -2.90. The number of nitrogens with one attached hydrogen (secondary N) is 1. The molecule has 0 spiro atoms. The van der Waals surface area contributed by atoms with Crippen LogP contribution in [0, 0.1) is 0 Å². The van der Waals surface area contributed by atoms with E-state index in [1.54, 1.807) is 14.2 Å². The Morgan fingerprint density at radius 2 is 1.50 bits per heavy atom. The van der Waals surface area contributed by atoms with E-state index in [0.717, 1.165) is 33.2 Å². The van der Waals surface area contributed by atoms with Crippen molar-refractivity contribution < 1.29 is 19.4 Å². The molecule has 156 valence electrons. The number of carbonyl (C=O) groups is 1. The van der Waals surface area contributed by atoms with E-state index < -0.39 is 11.4 Å². The zero-order chi connectivity index (χ0) is 21.1. The quantitative estimate of drug-likeness (QED) is 0.617. The Morgan fingerprint density at radius 3 is 2.00 bits per heavy atom. The average molecular weight is 425 g/mol. The van der Waals surface area contributed by atoms with Crippen LogP contribution in [0.4, 0.5) is 0 Å². The molecule has 1 aliphatic heterocycles. The van der Waals surface area contributed by atoms with Gasteiger partial charge in [-0.15, -0.1) is 11.3 Å². The lowest BCUT2D eigenvalue weighted by Crippen LogP contribution is -2.45. The van der Waals surface area contributed by atoms with Gasteiger partial charge in [-0.05, 0) is 80.0 Å². The minimum absolute atomic E-state index is 0.528. The zero-order valence-electron chi connectivity index (χ0n) is 17.0. The number of benzene rings is 2. The Kier molecular flexibility index (Phi) is 5.74. The molecule has 6 nitrogen and oxygen atoms in total. The van der Waals surface area contributed by atoms with Crippen molar-refractivity contribution in [3.63, 3.8) is 0 Å². The summed E-state index contributed by atoms with van der Waals surface area (Å²) in [5, 5.41) is 14.0. The summed E-state index contributed by atoms with van der Waals surface area (Å²) in [6, 6.07) is 15.5. The molecule has 1 aliphatic rings.